The minimum absolute atomic E-state index is 0.00957. The van der Waals surface area contributed by atoms with Gasteiger partial charge in [0.05, 0.1) is 13.2 Å². The van der Waals surface area contributed by atoms with Crippen molar-refractivity contribution in [2.75, 3.05) is 13.7 Å². The molecule has 3 atom stereocenters. The van der Waals surface area contributed by atoms with Gasteiger partial charge in [-0.25, -0.2) is 0 Å². The maximum atomic E-state index is 13.2. The highest BCUT2D eigenvalue weighted by molar-refractivity contribution is 6.01. The number of H-pyrrole nitrogens is 1. The van der Waals surface area contributed by atoms with Gasteiger partial charge in [-0.1, -0.05) is 13.0 Å². The Kier molecular flexibility index (Phi) is 6.77. The Balaban J connectivity index is 1.46. The van der Waals surface area contributed by atoms with E-state index in [1.807, 2.05) is 18.2 Å². The third kappa shape index (κ3) is 5.33. The minimum Gasteiger partial charge on any atom is -0.496 e. The zero-order valence-electron chi connectivity index (χ0n) is 19.6. The third-order valence-corrected chi connectivity index (χ3v) is 6.90. The maximum absolute atomic E-state index is 13.2. The van der Waals surface area contributed by atoms with E-state index in [2.05, 4.69) is 33.9 Å². The molecule has 1 saturated heterocycles. The summed E-state index contributed by atoms with van der Waals surface area (Å²) in [5.74, 6) is -0.531. The maximum Gasteiger partial charge on any atom is 0.268 e. The summed E-state index contributed by atoms with van der Waals surface area (Å²) in [5.41, 5.74) is 1.08. The number of methoxy groups -OCH3 is 1. The van der Waals surface area contributed by atoms with E-state index < -0.39 is 23.9 Å². The lowest BCUT2D eigenvalue weighted by atomic mass is 9.91. The molecule has 1 aliphatic heterocycles. The molecule has 9 heteroatoms. The highest BCUT2D eigenvalue weighted by Crippen LogP contribution is 2.49. The molecule has 4 N–H and O–H groups in total. The number of nitriles is 1. The number of benzene rings is 1. The summed E-state index contributed by atoms with van der Waals surface area (Å²) in [7, 11) is 1.57. The van der Waals surface area contributed by atoms with Gasteiger partial charge in [0.15, 0.2) is 0 Å². The standard InChI is InChI=1S/C25H31N5O4/c1-25(8-9-25)13-20(24(33)28-16(14-26)11-15-5-4-10-27-22(15)31)30-23(32)19-12-17-18(29-19)6-3-7-21(17)34-2/h3,6-7,12,15-16,20,29H,4-5,8-11,13H2,1-2H3,(H,27,31)(H,28,33)(H,30,32)/t15-,16-,20-/m0/s1. The number of rotatable bonds is 9. The molecule has 9 nitrogen and oxygen atoms in total. The van der Waals surface area contributed by atoms with Crippen LogP contribution in [0.2, 0.25) is 0 Å². The summed E-state index contributed by atoms with van der Waals surface area (Å²) in [6.07, 6.45) is 4.26. The first kappa shape index (κ1) is 23.6. The number of hydrogen-bond donors (Lipinski definition) is 4. The van der Waals surface area contributed by atoms with Gasteiger partial charge >= 0.3 is 0 Å². The number of carbonyl (C=O) groups is 3. The van der Waals surface area contributed by atoms with Crippen molar-refractivity contribution in [3.05, 3.63) is 30.0 Å². The fourth-order valence-electron chi connectivity index (χ4n) is 4.54. The Morgan fingerprint density at radius 1 is 1.32 bits per heavy atom. The molecule has 3 amide bonds. The molecule has 1 aliphatic carbocycles. The Morgan fingerprint density at radius 3 is 2.79 bits per heavy atom. The first-order valence-corrected chi connectivity index (χ1v) is 11.8. The predicted octanol–water partition coefficient (Wildman–Crippen LogP) is 2.39. The van der Waals surface area contributed by atoms with E-state index in [4.69, 9.17) is 4.74 Å². The molecule has 0 unspecified atom stereocenters. The van der Waals surface area contributed by atoms with Gasteiger partial charge in [0, 0.05) is 23.4 Å². The van der Waals surface area contributed by atoms with E-state index >= 15 is 0 Å². The Hall–Kier alpha value is -3.54. The number of aromatic nitrogens is 1. The smallest absolute Gasteiger partial charge is 0.268 e. The van der Waals surface area contributed by atoms with Crippen LogP contribution in [0.1, 0.15) is 55.9 Å². The number of hydrogen-bond acceptors (Lipinski definition) is 5. The van der Waals surface area contributed by atoms with Crippen molar-refractivity contribution in [3.8, 4) is 11.8 Å². The third-order valence-electron chi connectivity index (χ3n) is 6.90. The van der Waals surface area contributed by atoms with E-state index in [-0.39, 0.29) is 23.7 Å². The molecule has 4 rings (SSSR count). The van der Waals surface area contributed by atoms with Crippen LogP contribution < -0.4 is 20.7 Å². The van der Waals surface area contributed by atoms with Crippen LogP contribution in [-0.4, -0.2) is 48.4 Å². The summed E-state index contributed by atoms with van der Waals surface area (Å²) in [4.78, 5) is 41.4. The lowest BCUT2D eigenvalue weighted by Crippen LogP contribution is -2.51. The number of piperidine rings is 1. The van der Waals surface area contributed by atoms with Crippen LogP contribution in [0.3, 0.4) is 0 Å². The molecule has 0 spiro atoms. The van der Waals surface area contributed by atoms with Gasteiger partial charge in [-0.05, 0) is 62.1 Å². The van der Waals surface area contributed by atoms with E-state index in [0.29, 0.717) is 30.8 Å². The van der Waals surface area contributed by atoms with Gasteiger partial charge in [-0.3, -0.25) is 14.4 Å². The fraction of sp³-hybridized carbons (Fsp3) is 0.520. The monoisotopic (exact) mass is 465 g/mol. The summed E-state index contributed by atoms with van der Waals surface area (Å²) in [6.45, 7) is 2.73. The lowest BCUT2D eigenvalue weighted by Gasteiger charge is -2.26. The van der Waals surface area contributed by atoms with E-state index in [9.17, 15) is 19.6 Å². The van der Waals surface area contributed by atoms with Crippen LogP contribution in [0.15, 0.2) is 24.3 Å². The number of nitrogens with zero attached hydrogens (tertiary/aromatic N) is 1. The number of aromatic amines is 1. The van der Waals surface area contributed by atoms with Crippen LogP contribution >= 0.6 is 0 Å². The first-order chi connectivity index (χ1) is 16.3. The van der Waals surface area contributed by atoms with Crippen molar-refractivity contribution in [3.63, 3.8) is 0 Å². The molecule has 1 saturated carbocycles. The molecule has 2 aromatic rings. The van der Waals surface area contributed by atoms with Gasteiger partial charge in [-0.2, -0.15) is 5.26 Å². The van der Waals surface area contributed by atoms with Crippen LogP contribution in [0.5, 0.6) is 5.75 Å². The van der Waals surface area contributed by atoms with Gasteiger partial charge in [-0.15, -0.1) is 0 Å². The number of fused-ring (bicyclic) bond motifs is 1. The van der Waals surface area contributed by atoms with Crippen LogP contribution in [-0.2, 0) is 9.59 Å². The Morgan fingerprint density at radius 2 is 2.12 bits per heavy atom. The van der Waals surface area contributed by atoms with E-state index in [1.165, 1.54) is 0 Å². The number of ether oxygens (including phenoxy) is 1. The van der Waals surface area contributed by atoms with Crippen LogP contribution in [0.25, 0.3) is 10.9 Å². The normalized spacial score (nSPS) is 20.5. The summed E-state index contributed by atoms with van der Waals surface area (Å²) >= 11 is 0. The van der Waals surface area contributed by atoms with Crippen molar-refractivity contribution in [2.45, 2.75) is 57.5 Å². The molecule has 2 aliphatic rings. The molecule has 2 fully saturated rings. The average molecular weight is 466 g/mol. The van der Waals surface area contributed by atoms with Gasteiger partial charge in [0.1, 0.15) is 23.5 Å². The molecule has 180 valence electrons. The summed E-state index contributed by atoms with van der Waals surface area (Å²) < 4.78 is 5.37. The Bertz CT molecular complexity index is 1130. The highest BCUT2D eigenvalue weighted by Gasteiger charge is 2.42. The second kappa shape index (κ2) is 9.75. The summed E-state index contributed by atoms with van der Waals surface area (Å²) in [5, 5.41) is 18.8. The zero-order chi connectivity index (χ0) is 24.3. The second-order valence-corrected chi connectivity index (χ2v) is 9.70. The topological polar surface area (TPSA) is 136 Å². The highest BCUT2D eigenvalue weighted by atomic mass is 16.5. The van der Waals surface area contributed by atoms with E-state index in [0.717, 1.165) is 30.2 Å². The van der Waals surface area contributed by atoms with Gasteiger partial charge in [0.25, 0.3) is 5.91 Å². The fourth-order valence-corrected chi connectivity index (χ4v) is 4.54. The zero-order valence-corrected chi connectivity index (χ0v) is 19.6. The van der Waals surface area contributed by atoms with Crippen molar-refractivity contribution in [1.82, 2.24) is 20.9 Å². The second-order valence-electron chi connectivity index (χ2n) is 9.70. The minimum atomic E-state index is -0.801. The molecule has 0 radical (unpaired) electrons. The molecule has 0 bridgehead atoms. The predicted molar refractivity (Wildman–Crippen MR) is 126 cm³/mol. The number of nitrogens with one attached hydrogen (secondary N) is 4. The summed E-state index contributed by atoms with van der Waals surface area (Å²) in [6, 6.07) is 7.72. The van der Waals surface area contributed by atoms with E-state index in [1.54, 1.807) is 13.2 Å². The SMILES string of the molecule is COc1cccc2[nH]c(C(=O)N[C@@H](CC3(C)CC3)C(=O)N[C@H](C#N)C[C@@H]3CCCNC3=O)cc12. The van der Waals surface area contributed by atoms with Gasteiger partial charge < -0.3 is 25.7 Å². The molecular formula is C25H31N5O4. The molecular weight excluding hydrogens is 434 g/mol. The molecule has 1 aromatic heterocycles. The average Bonchev–Trinajstić information content (AvgIpc) is 3.38. The molecule has 34 heavy (non-hydrogen) atoms. The van der Waals surface area contributed by atoms with Crippen LogP contribution in [0.4, 0.5) is 0 Å². The Labute approximate surface area is 198 Å². The van der Waals surface area contributed by atoms with Crippen molar-refractivity contribution in [1.29, 1.82) is 5.26 Å². The van der Waals surface area contributed by atoms with Crippen molar-refractivity contribution >= 4 is 28.6 Å². The first-order valence-electron chi connectivity index (χ1n) is 11.8. The van der Waals surface area contributed by atoms with Gasteiger partial charge in [0.2, 0.25) is 11.8 Å². The van der Waals surface area contributed by atoms with Crippen molar-refractivity contribution in [2.24, 2.45) is 11.3 Å². The number of amides is 3. The molecule has 2 heterocycles. The van der Waals surface area contributed by atoms with Crippen LogP contribution in [0, 0.1) is 22.7 Å². The lowest BCUT2D eigenvalue weighted by molar-refractivity contribution is -0.128. The molecule has 1 aromatic carbocycles. The quantitative estimate of drug-likeness (QED) is 0.451. The number of carbonyl (C=O) groups excluding carboxylic acids is 3. The largest absolute Gasteiger partial charge is 0.496 e. The van der Waals surface area contributed by atoms with Crippen molar-refractivity contribution < 1.29 is 19.1 Å².